The predicted octanol–water partition coefficient (Wildman–Crippen LogP) is 3.00. The summed E-state index contributed by atoms with van der Waals surface area (Å²) in [5, 5.41) is 19.3. The van der Waals surface area contributed by atoms with Crippen LogP contribution in [-0.2, 0) is 20.9 Å². The molecule has 5 rings (SSSR count). The molecule has 2 aliphatic heterocycles. The number of halogens is 1. The predicted molar refractivity (Wildman–Crippen MR) is 176 cm³/mol. The Morgan fingerprint density at radius 3 is 2.15 bits per heavy atom. The number of aliphatic hydroxyl groups is 1. The smallest absolute Gasteiger partial charge is 0.251 e. The first-order valence-corrected chi connectivity index (χ1v) is 16.1. The van der Waals surface area contributed by atoms with Gasteiger partial charge in [0, 0.05) is 52.3 Å². The fourth-order valence-corrected chi connectivity index (χ4v) is 6.93. The normalized spacial score (nSPS) is 20.8. The number of carbonyl (C=O) groups excluding carboxylic acids is 4. The summed E-state index contributed by atoms with van der Waals surface area (Å²) < 4.78 is 5.94. The Balaban J connectivity index is 0.00000480. The van der Waals surface area contributed by atoms with Crippen molar-refractivity contribution in [3.05, 3.63) is 59.7 Å². The molecule has 2 aromatic carbocycles. The summed E-state index contributed by atoms with van der Waals surface area (Å²) in [4.78, 5) is 55.5. The molecule has 0 aromatic heterocycles. The maximum Gasteiger partial charge on any atom is 0.251 e. The third kappa shape index (κ3) is 7.82. The van der Waals surface area contributed by atoms with Crippen molar-refractivity contribution in [2.24, 2.45) is 5.92 Å². The van der Waals surface area contributed by atoms with Gasteiger partial charge in [0.2, 0.25) is 17.7 Å². The lowest BCUT2D eigenvalue weighted by Crippen LogP contribution is -2.75. The maximum absolute atomic E-state index is 13.9. The fraction of sp³-hybridized carbons (Fsp3) is 0.529. The first kappa shape index (κ1) is 35.2. The summed E-state index contributed by atoms with van der Waals surface area (Å²) in [5.41, 5.74) is 0.602. The molecular formula is C34H46ClN5O6. The molecule has 11 nitrogen and oxygen atoms in total. The van der Waals surface area contributed by atoms with Gasteiger partial charge >= 0.3 is 0 Å². The number of amides is 4. The number of likely N-dealkylation sites (tertiary alicyclic amines) is 1. The van der Waals surface area contributed by atoms with Crippen molar-refractivity contribution in [2.75, 3.05) is 33.7 Å². The van der Waals surface area contributed by atoms with Crippen molar-refractivity contribution in [3.63, 3.8) is 0 Å². The van der Waals surface area contributed by atoms with Crippen LogP contribution < -0.4 is 20.7 Å². The van der Waals surface area contributed by atoms with Gasteiger partial charge < -0.3 is 30.7 Å². The highest BCUT2D eigenvalue weighted by molar-refractivity contribution is 6.00. The van der Waals surface area contributed by atoms with Crippen molar-refractivity contribution in [1.82, 2.24) is 25.8 Å². The van der Waals surface area contributed by atoms with Gasteiger partial charge in [-0.15, -0.1) is 12.4 Å². The minimum Gasteiger partial charge on any atom is -0.457 e. The van der Waals surface area contributed by atoms with Crippen LogP contribution in [0.5, 0.6) is 11.5 Å². The van der Waals surface area contributed by atoms with Crippen LogP contribution in [0.2, 0.25) is 0 Å². The second-order valence-corrected chi connectivity index (χ2v) is 12.4. The largest absolute Gasteiger partial charge is 0.457 e. The number of nitrogens with zero attached hydrogens (tertiary/aromatic N) is 2. The topological polar surface area (TPSA) is 140 Å². The Morgan fingerprint density at radius 2 is 1.57 bits per heavy atom. The highest BCUT2D eigenvalue weighted by atomic mass is 35.5. The standard InChI is InChI=1S/C34H45N5O6.ClH/c1-35-28(40)16-19-39-32(43)29(30(41)24-6-4-3-5-7-24)37-33(44)34(39)17-20-38(21-18-34)22-23-8-12-26(13-9-23)45-27-14-10-25(11-15-27)31(42)36-2;/h8-15,24,29-30,41H,3-7,16-22H2,1-2H3,(H,35,40)(H,36,42)(H,37,44);1H/t29-,30-;/m1./s1. The summed E-state index contributed by atoms with van der Waals surface area (Å²) in [6, 6.07) is 13.8. The van der Waals surface area contributed by atoms with Crippen LogP contribution in [0.4, 0.5) is 0 Å². The second-order valence-electron chi connectivity index (χ2n) is 12.4. The van der Waals surface area contributed by atoms with E-state index in [1.54, 1.807) is 43.3 Å². The zero-order valence-corrected chi connectivity index (χ0v) is 27.4. The van der Waals surface area contributed by atoms with Crippen molar-refractivity contribution in [3.8, 4) is 11.5 Å². The van der Waals surface area contributed by atoms with Crippen LogP contribution in [-0.4, -0.2) is 89.9 Å². The molecule has 3 fully saturated rings. The molecule has 46 heavy (non-hydrogen) atoms. The molecular weight excluding hydrogens is 610 g/mol. The Labute approximate surface area is 276 Å². The van der Waals surface area contributed by atoms with Gasteiger partial charge in [0.05, 0.1) is 6.10 Å². The molecule has 4 N–H and O–H groups in total. The maximum atomic E-state index is 13.9. The molecule has 0 bridgehead atoms. The highest BCUT2D eigenvalue weighted by Crippen LogP contribution is 2.36. The quantitative estimate of drug-likeness (QED) is 0.309. The number of ether oxygens (including phenoxy) is 1. The highest BCUT2D eigenvalue weighted by Gasteiger charge is 2.55. The average Bonchev–Trinajstić information content (AvgIpc) is 3.08. The van der Waals surface area contributed by atoms with Gasteiger partial charge in [-0.25, -0.2) is 0 Å². The minimum atomic E-state index is -1.05. The van der Waals surface area contributed by atoms with Crippen LogP contribution >= 0.6 is 12.4 Å². The Hall–Kier alpha value is -3.67. The summed E-state index contributed by atoms with van der Waals surface area (Å²) in [5.74, 6) is 0.423. The van der Waals surface area contributed by atoms with Crippen molar-refractivity contribution in [1.29, 1.82) is 0 Å². The lowest BCUT2D eigenvalue weighted by atomic mass is 9.78. The molecule has 12 heteroatoms. The van der Waals surface area contributed by atoms with Crippen LogP contribution in [0.1, 0.15) is 67.3 Å². The van der Waals surface area contributed by atoms with E-state index in [1.165, 1.54) is 0 Å². The van der Waals surface area contributed by atoms with E-state index in [9.17, 15) is 24.3 Å². The zero-order chi connectivity index (χ0) is 32.0. The fourth-order valence-electron chi connectivity index (χ4n) is 6.93. The minimum absolute atomic E-state index is 0. The Morgan fingerprint density at radius 1 is 0.957 bits per heavy atom. The third-order valence-electron chi connectivity index (χ3n) is 9.67. The lowest BCUT2D eigenvalue weighted by molar-refractivity contribution is -0.166. The molecule has 2 atom stereocenters. The summed E-state index contributed by atoms with van der Waals surface area (Å²) >= 11 is 0. The zero-order valence-electron chi connectivity index (χ0n) is 26.6. The molecule has 2 heterocycles. The van der Waals surface area contributed by atoms with E-state index in [1.807, 2.05) is 24.3 Å². The Bertz CT molecular complexity index is 1360. The van der Waals surface area contributed by atoms with Crippen LogP contribution in [0.25, 0.3) is 0 Å². The van der Waals surface area contributed by atoms with Gasteiger partial charge in [-0.3, -0.25) is 24.1 Å². The van der Waals surface area contributed by atoms with Crippen LogP contribution in [0.3, 0.4) is 0 Å². The van der Waals surface area contributed by atoms with Crippen molar-refractivity contribution in [2.45, 2.75) is 75.6 Å². The molecule has 250 valence electrons. The van der Waals surface area contributed by atoms with Gasteiger partial charge in [-0.1, -0.05) is 31.4 Å². The monoisotopic (exact) mass is 655 g/mol. The van der Waals surface area contributed by atoms with E-state index in [0.29, 0.717) is 49.5 Å². The second kappa shape index (κ2) is 15.8. The number of piperidine rings is 1. The number of nitrogens with one attached hydrogen (secondary N) is 3. The molecule has 2 aromatic rings. The van der Waals surface area contributed by atoms with E-state index in [0.717, 1.165) is 37.7 Å². The number of rotatable bonds is 10. The SMILES string of the molecule is CNC(=O)CCN1C(=O)[C@@H]([C@H](O)C2CCCCC2)NC(=O)C12CCN(Cc1ccc(Oc3ccc(C(=O)NC)cc3)cc1)CC2.Cl. The number of benzene rings is 2. The molecule has 0 unspecified atom stereocenters. The molecule has 3 aliphatic rings. The first-order valence-electron chi connectivity index (χ1n) is 16.1. The van der Waals surface area contributed by atoms with E-state index >= 15 is 0 Å². The number of aliphatic hydroxyl groups excluding tert-OH is 1. The van der Waals surface area contributed by atoms with Crippen LogP contribution in [0, 0.1) is 5.92 Å². The summed E-state index contributed by atoms with van der Waals surface area (Å²) in [7, 11) is 3.15. The number of piperazine rings is 1. The molecule has 0 radical (unpaired) electrons. The lowest BCUT2D eigenvalue weighted by Gasteiger charge is -2.52. The van der Waals surface area contributed by atoms with E-state index in [-0.39, 0.29) is 54.9 Å². The van der Waals surface area contributed by atoms with Gasteiger partial charge in [0.1, 0.15) is 23.1 Å². The Kier molecular flexibility index (Phi) is 12.0. The number of hydrogen-bond acceptors (Lipinski definition) is 7. The summed E-state index contributed by atoms with van der Waals surface area (Å²) in [6.07, 6.45) is 4.89. The van der Waals surface area contributed by atoms with Crippen LogP contribution in [0.15, 0.2) is 48.5 Å². The van der Waals surface area contributed by atoms with Crippen molar-refractivity contribution >= 4 is 36.0 Å². The van der Waals surface area contributed by atoms with Gasteiger partial charge in [0.25, 0.3) is 5.91 Å². The molecule has 1 spiro atoms. The molecule has 2 saturated heterocycles. The van der Waals surface area contributed by atoms with E-state index < -0.39 is 17.7 Å². The van der Waals surface area contributed by atoms with Gasteiger partial charge in [-0.2, -0.15) is 0 Å². The molecule has 4 amide bonds. The summed E-state index contributed by atoms with van der Waals surface area (Å²) in [6.45, 7) is 2.01. The van der Waals surface area contributed by atoms with Crippen molar-refractivity contribution < 1.29 is 29.0 Å². The van der Waals surface area contributed by atoms with Gasteiger partial charge in [0.15, 0.2) is 0 Å². The number of carbonyl (C=O) groups is 4. The molecule has 1 saturated carbocycles. The number of hydrogen-bond donors (Lipinski definition) is 4. The van der Waals surface area contributed by atoms with Gasteiger partial charge in [-0.05, 0) is 73.6 Å². The average molecular weight is 656 g/mol. The third-order valence-corrected chi connectivity index (χ3v) is 9.67. The van der Waals surface area contributed by atoms with E-state index in [4.69, 9.17) is 4.74 Å². The molecule has 1 aliphatic carbocycles. The van der Waals surface area contributed by atoms with E-state index in [2.05, 4.69) is 20.9 Å². The first-order chi connectivity index (χ1) is 21.7.